The Balaban J connectivity index is 1.46. The summed E-state index contributed by atoms with van der Waals surface area (Å²) in [6.45, 7) is 0.751. The molecule has 0 bridgehead atoms. The number of hydrogen-bond acceptors (Lipinski definition) is 5. The third-order valence-electron chi connectivity index (χ3n) is 4.54. The smallest absolute Gasteiger partial charge is 0.270 e. The van der Waals surface area contributed by atoms with Crippen LogP contribution in [0.5, 0.6) is 0 Å². The lowest BCUT2D eigenvalue weighted by atomic mass is 10.2. The van der Waals surface area contributed by atoms with Crippen LogP contribution in [0.2, 0.25) is 0 Å². The summed E-state index contributed by atoms with van der Waals surface area (Å²) in [5.74, 6) is -0.836. The fourth-order valence-corrected chi connectivity index (χ4v) is 3.00. The second kappa shape index (κ2) is 8.96. The number of anilines is 1. The Hall–Kier alpha value is -3.75. The molecule has 9 heteroatoms. The zero-order valence-electron chi connectivity index (χ0n) is 15.6. The molecule has 2 N–H and O–H groups in total. The lowest BCUT2D eigenvalue weighted by Gasteiger charge is -2.16. The Morgan fingerprint density at radius 1 is 1.10 bits per heavy atom. The summed E-state index contributed by atoms with van der Waals surface area (Å²) in [5, 5.41) is 15.9. The van der Waals surface area contributed by atoms with Crippen molar-refractivity contribution >= 4 is 29.1 Å². The highest BCUT2D eigenvalue weighted by Crippen LogP contribution is 2.21. The Morgan fingerprint density at radius 2 is 1.86 bits per heavy atom. The first-order valence-electron chi connectivity index (χ1n) is 9.13. The predicted octanol–water partition coefficient (Wildman–Crippen LogP) is 1.77. The van der Waals surface area contributed by atoms with E-state index in [1.165, 1.54) is 18.2 Å². The van der Waals surface area contributed by atoms with Crippen LogP contribution in [0, 0.1) is 10.1 Å². The molecular weight excluding hydrogens is 376 g/mol. The lowest BCUT2D eigenvalue weighted by molar-refractivity contribution is -0.384. The van der Waals surface area contributed by atoms with Crippen molar-refractivity contribution in [3.63, 3.8) is 0 Å². The van der Waals surface area contributed by atoms with Gasteiger partial charge in [-0.2, -0.15) is 0 Å². The molecule has 1 aliphatic heterocycles. The van der Waals surface area contributed by atoms with E-state index in [1.807, 2.05) is 24.3 Å². The normalized spacial score (nSPS) is 13.2. The number of non-ortho nitro benzene ring substituents is 1. The van der Waals surface area contributed by atoms with Gasteiger partial charge in [0.25, 0.3) is 11.6 Å². The van der Waals surface area contributed by atoms with Gasteiger partial charge in [-0.25, -0.2) is 0 Å². The Bertz CT molecular complexity index is 942. The largest absolute Gasteiger partial charge is 0.350 e. The fraction of sp³-hybridized carbons (Fsp3) is 0.250. The number of nitro benzene ring substituents is 1. The van der Waals surface area contributed by atoms with E-state index >= 15 is 0 Å². The minimum atomic E-state index is -0.589. The molecule has 0 aromatic heterocycles. The van der Waals surface area contributed by atoms with E-state index in [0.29, 0.717) is 6.42 Å². The van der Waals surface area contributed by atoms with Crippen molar-refractivity contribution in [3.05, 3.63) is 69.8 Å². The molecule has 0 radical (unpaired) electrons. The van der Waals surface area contributed by atoms with Gasteiger partial charge in [0.15, 0.2) is 0 Å². The van der Waals surface area contributed by atoms with Gasteiger partial charge in [-0.05, 0) is 30.2 Å². The molecular formula is C20H20N4O5. The topological polar surface area (TPSA) is 122 Å². The summed E-state index contributed by atoms with van der Waals surface area (Å²) in [6.07, 6.45) is 1.43. The molecule has 2 aromatic rings. The molecule has 1 fully saturated rings. The number of benzene rings is 2. The van der Waals surface area contributed by atoms with E-state index in [-0.39, 0.29) is 36.2 Å². The Morgan fingerprint density at radius 3 is 2.52 bits per heavy atom. The number of carbonyl (C=O) groups excluding carboxylic acids is 3. The molecule has 0 aliphatic carbocycles. The van der Waals surface area contributed by atoms with Crippen molar-refractivity contribution in [1.82, 2.24) is 10.6 Å². The van der Waals surface area contributed by atoms with Gasteiger partial charge in [0, 0.05) is 42.9 Å². The van der Waals surface area contributed by atoms with Crippen LogP contribution in [0.15, 0.2) is 48.5 Å². The molecule has 9 nitrogen and oxygen atoms in total. The molecule has 150 valence electrons. The van der Waals surface area contributed by atoms with Crippen molar-refractivity contribution in [3.8, 4) is 0 Å². The fourth-order valence-electron chi connectivity index (χ4n) is 3.00. The van der Waals surface area contributed by atoms with E-state index < -0.39 is 10.8 Å². The maximum absolute atomic E-state index is 12.0. The van der Waals surface area contributed by atoms with E-state index in [0.717, 1.165) is 30.3 Å². The molecule has 29 heavy (non-hydrogen) atoms. The highest BCUT2D eigenvalue weighted by Gasteiger charge is 2.21. The highest BCUT2D eigenvalue weighted by atomic mass is 16.6. The van der Waals surface area contributed by atoms with Crippen LogP contribution >= 0.6 is 0 Å². The molecule has 2 aromatic carbocycles. The molecule has 0 saturated carbocycles. The van der Waals surface area contributed by atoms with Crippen LogP contribution in [-0.2, 0) is 16.1 Å². The molecule has 3 rings (SSSR count). The molecule has 3 amide bonds. The van der Waals surface area contributed by atoms with Gasteiger partial charge in [-0.1, -0.05) is 18.2 Å². The zero-order valence-corrected chi connectivity index (χ0v) is 15.6. The van der Waals surface area contributed by atoms with E-state index in [9.17, 15) is 24.5 Å². The summed E-state index contributed by atoms with van der Waals surface area (Å²) >= 11 is 0. The first kappa shape index (κ1) is 20.0. The number of rotatable bonds is 7. The quantitative estimate of drug-likeness (QED) is 0.546. The molecule has 0 unspecified atom stereocenters. The summed E-state index contributed by atoms with van der Waals surface area (Å²) < 4.78 is 0. The first-order chi connectivity index (χ1) is 13.9. The second-order valence-electron chi connectivity index (χ2n) is 6.58. The van der Waals surface area contributed by atoms with Crippen LogP contribution in [0.4, 0.5) is 11.4 Å². The maximum Gasteiger partial charge on any atom is 0.270 e. The first-order valence-corrected chi connectivity index (χ1v) is 9.13. The monoisotopic (exact) mass is 396 g/mol. The van der Waals surface area contributed by atoms with Crippen molar-refractivity contribution in [2.24, 2.45) is 0 Å². The standard InChI is InChI=1S/C20H20N4O5/c25-18(13-22-20(27)15-3-1-4-17(11-15)24(28)29)21-12-14-6-8-16(9-7-14)23-10-2-5-19(23)26/h1,3-4,6-9,11H,2,5,10,12-13H2,(H,21,25)(H,22,27). The maximum atomic E-state index is 12.0. The van der Waals surface area contributed by atoms with Crippen molar-refractivity contribution in [1.29, 1.82) is 0 Å². The summed E-state index contributed by atoms with van der Waals surface area (Å²) in [4.78, 5) is 47.7. The van der Waals surface area contributed by atoms with Crippen LogP contribution in [0.1, 0.15) is 28.8 Å². The summed E-state index contributed by atoms with van der Waals surface area (Å²) in [7, 11) is 0. The van der Waals surface area contributed by atoms with Crippen molar-refractivity contribution in [2.75, 3.05) is 18.0 Å². The molecule has 0 spiro atoms. The molecule has 1 heterocycles. The van der Waals surface area contributed by atoms with Crippen molar-refractivity contribution in [2.45, 2.75) is 19.4 Å². The van der Waals surface area contributed by atoms with Gasteiger partial charge in [0.05, 0.1) is 11.5 Å². The minimum Gasteiger partial charge on any atom is -0.350 e. The average molecular weight is 396 g/mol. The molecule has 1 aliphatic rings. The van der Waals surface area contributed by atoms with Crippen LogP contribution < -0.4 is 15.5 Å². The van der Waals surface area contributed by atoms with Gasteiger partial charge >= 0.3 is 0 Å². The minimum absolute atomic E-state index is 0.110. The highest BCUT2D eigenvalue weighted by molar-refractivity contribution is 5.97. The zero-order chi connectivity index (χ0) is 20.8. The van der Waals surface area contributed by atoms with Gasteiger partial charge < -0.3 is 15.5 Å². The summed E-state index contributed by atoms with van der Waals surface area (Å²) in [6, 6.07) is 12.6. The SMILES string of the molecule is O=C(CNC(=O)c1cccc([N+](=O)[O-])c1)NCc1ccc(N2CCCC2=O)cc1. The molecule has 1 saturated heterocycles. The third-order valence-corrected chi connectivity index (χ3v) is 4.54. The Labute approximate surface area is 166 Å². The van der Waals surface area contributed by atoms with Crippen LogP contribution in [0.25, 0.3) is 0 Å². The average Bonchev–Trinajstić information content (AvgIpc) is 3.16. The summed E-state index contributed by atoms with van der Waals surface area (Å²) in [5.41, 5.74) is 1.62. The van der Waals surface area contributed by atoms with E-state index in [2.05, 4.69) is 10.6 Å². The van der Waals surface area contributed by atoms with Gasteiger partial charge in [0.2, 0.25) is 11.8 Å². The third kappa shape index (κ3) is 5.16. The predicted molar refractivity (Wildman–Crippen MR) is 105 cm³/mol. The number of hydrogen-bond donors (Lipinski definition) is 2. The number of amides is 3. The van der Waals surface area contributed by atoms with Crippen molar-refractivity contribution < 1.29 is 19.3 Å². The van der Waals surface area contributed by atoms with Gasteiger partial charge in [0.1, 0.15) is 0 Å². The van der Waals surface area contributed by atoms with E-state index in [4.69, 9.17) is 0 Å². The van der Waals surface area contributed by atoms with E-state index in [1.54, 1.807) is 4.90 Å². The number of nitro groups is 1. The van der Waals surface area contributed by atoms with Crippen LogP contribution in [0.3, 0.4) is 0 Å². The number of carbonyl (C=O) groups is 3. The Kier molecular flexibility index (Phi) is 6.18. The van der Waals surface area contributed by atoms with Gasteiger partial charge in [-0.3, -0.25) is 24.5 Å². The number of nitrogens with one attached hydrogen (secondary N) is 2. The van der Waals surface area contributed by atoms with Gasteiger partial charge in [-0.15, -0.1) is 0 Å². The number of nitrogens with zero attached hydrogens (tertiary/aromatic N) is 2. The molecule has 0 atom stereocenters. The van der Waals surface area contributed by atoms with Crippen LogP contribution in [-0.4, -0.2) is 35.7 Å². The lowest BCUT2D eigenvalue weighted by Crippen LogP contribution is -2.36. The second-order valence-corrected chi connectivity index (χ2v) is 6.58.